The highest BCUT2D eigenvalue weighted by molar-refractivity contribution is 6.21. The van der Waals surface area contributed by atoms with Gasteiger partial charge in [0, 0.05) is 18.0 Å². The molecule has 1 atom stereocenters. The van der Waals surface area contributed by atoms with Crippen LogP contribution < -0.4 is 14.8 Å². The van der Waals surface area contributed by atoms with Crippen LogP contribution in [0, 0.1) is 0 Å². The molecule has 0 saturated carbocycles. The molecule has 0 fully saturated rings. The molecule has 0 amide bonds. The van der Waals surface area contributed by atoms with Crippen molar-refractivity contribution in [3.8, 4) is 11.5 Å². The van der Waals surface area contributed by atoms with Gasteiger partial charge in [-0.25, -0.2) is 0 Å². The van der Waals surface area contributed by atoms with Crippen LogP contribution in [0.15, 0.2) is 36.5 Å². The SMILES string of the molecule is COc1ccnc(CNc2ccccc2C(C)Cl)c1OC. The van der Waals surface area contributed by atoms with Crippen molar-refractivity contribution < 1.29 is 9.47 Å². The fraction of sp³-hybridized carbons (Fsp3) is 0.312. The number of nitrogens with zero attached hydrogens (tertiary/aromatic N) is 1. The van der Waals surface area contributed by atoms with Crippen LogP contribution in [-0.4, -0.2) is 19.2 Å². The van der Waals surface area contributed by atoms with Gasteiger partial charge in [0.15, 0.2) is 11.5 Å². The minimum atomic E-state index is -0.0612. The van der Waals surface area contributed by atoms with Crippen molar-refractivity contribution in [3.05, 3.63) is 47.8 Å². The predicted molar refractivity (Wildman–Crippen MR) is 85.4 cm³/mol. The molecule has 0 spiro atoms. The highest BCUT2D eigenvalue weighted by Gasteiger charge is 2.12. The molecule has 0 aliphatic carbocycles. The first-order valence-corrected chi connectivity index (χ1v) is 7.13. The molecular formula is C16H19ClN2O2. The van der Waals surface area contributed by atoms with Gasteiger partial charge in [0.2, 0.25) is 0 Å². The molecule has 0 saturated heterocycles. The van der Waals surface area contributed by atoms with E-state index in [0.717, 1.165) is 16.9 Å². The van der Waals surface area contributed by atoms with Crippen molar-refractivity contribution in [2.24, 2.45) is 0 Å². The summed E-state index contributed by atoms with van der Waals surface area (Å²) in [4.78, 5) is 4.35. The zero-order valence-corrected chi connectivity index (χ0v) is 13.1. The predicted octanol–water partition coefficient (Wildman–Crippen LogP) is 4.01. The van der Waals surface area contributed by atoms with Gasteiger partial charge in [0.1, 0.15) is 5.69 Å². The number of anilines is 1. The lowest BCUT2D eigenvalue weighted by Gasteiger charge is -2.15. The summed E-state index contributed by atoms with van der Waals surface area (Å²) >= 11 is 6.20. The van der Waals surface area contributed by atoms with Crippen molar-refractivity contribution in [2.45, 2.75) is 18.8 Å². The quantitative estimate of drug-likeness (QED) is 0.819. The van der Waals surface area contributed by atoms with E-state index < -0.39 is 0 Å². The second-order valence-electron chi connectivity index (χ2n) is 4.55. The molecule has 1 unspecified atom stereocenters. The summed E-state index contributed by atoms with van der Waals surface area (Å²) in [6.45, 7) is 2.48. The van der Waals surface area contributed by atoms with E-state index in [4.69, 9.17) is 21.1 Å². The normalized spacial score (nSPS) is 11.8. The first-order valence-electron chi connectivity index (χ1n) is 6.70. The maximum Gasteiger partial charge on any atom is 0.184 e. The van der Waals surface area contributed by atoms with Crippen LogP contribution in [0.5, 0.6) is 11.5 Å². The Kier molecular flexibility index (Phi) is 5.28. The first-order chi connectivity index (χ1) is 10.2. The van der Waals surface area contributed by atoms with Crippen LogP contribution in [0.25, 0.3) is 0 Å². The highest BCUT2D eigenvalue weighted by Crippen LogP contribution is 2.31. The molecule has 0 aliphatic rings. The zero-order valence-electron chi connectivity index (χ0n) is 12.4. The number of ether oxygens (including phenoxy) is 2. The second-order valence-corrected chi connectivity index (χ2v) is 5.20. The van der Waals surface area contributed by atoms with Gasteiger partial charge in [-0.2, -0.15) is 0 Å². The van der Waals surface area contributed by atoms with E-state index in [1.165, 1.54) is 0 Å². The first kappa shape index (κ1) is 15.4. The molecule has 0 bridgehead atoms. The third-order valence-electron chi connectivity index (χ3n) is 3.20. The lowest BCUT2D eigenvalue weighted by molar-refractivity contribution is 0.350. The summed E-state index contributed by atoms with van der Waals surface area (Å²) < 4.78 is 10.7. The Morgan fingerprint density at radius 2 is 1.95 bits per heavy atom. The highest BCUT2D eigenvalue weighted by atomic mass is 35.5. The Balaban J connectivity index is 2.21. The third kappa shape index (κ3) is 3.58. The van der Waals surface area contributed by atoms with E-state index in [1.807, 2.05) is 31.2 Å². The Morgan fingerprint density at radius 3 is 2.62 bits per heavy atom. The maximum absolute atomic E-state index is 6.20. The number of benzene rings is 1. The van der Waals surface area contributed by atoms with Crippen molar-refractivity contribution in [1.82, 2.24) is 4.98 Å². The summed E-state index contributed by atoms with van der Waals surface area (Å²) in [5.74, 6) is 1.31. The number of rotatable bonds is 6. The van der Waals surface area contributed by atoms with Gasteiger partial charge in [-0.3, -0.25) is 4.98 Å². The monoisotopic (exact) mass is 306 g/mol. The van der Waals surface area contributed by atoms with Crippen molar-refractivity contribution in [1.29, 1.82) is 0 Å². The van der Waals surface area contributed by atoms with Crippen LogP contribution in [0.4, 0.5) is 5.69 Å². The molecule has 1 aromatic carbocycles. The number of methoxy groups -OCH3 is 2. The van der Waals surface area contributed by atoms with E-state index in [1.54, 1.807) is 26.5 Å². The van der Waals surface area contributed by atoms with Gasteiger partial charge in [0.05, 0.1) is 26.1 Å². The van der Waals surface area contributed by atoms with Crippen LogP contribution in [-0.2, 0) is 6.54 Å². The minimum absolute atomic E-state index is 0.0612. The van der Waals surface area contributed by atoms with Gasteiger partial charge >= 0.3 is 0 Å². The number of hydrogen-bond donors (Lipinski definition) is 1. The van der Waals surface area contributed by atoms with E-state index in [9.17, 15) is 0 Å². The molecule has 0 aliphatic heterocycles. The van der Waals surface area contributed by atoms with Crippen LogP contribution >= 0.6 is 11.6 Å². The Bertz CT molecular complexity index is 603. The fourth-order valence-corrected chi connectivity index (χ4v) is 2.35. The molecule has 5 heteroatoms. The molecule has 0 radical (unpaired) electrons. The average molecular weight is 307 g/mol. The number of aromatic nitrogens is 1. The van der Waals surface area contributed by atoms with Crippen molar-refractivity contribution in [2.75, 3.05) is 19.5 Å². The molecular weight excluding hydrogens is 288 g/mol. The van der Waals surface area contributed by atoms with Crippen molar-refractivity contribution in [3.63, 3.8) is 0 Å². The second kappa shape index (κ2) is 7.18. The summed E-state index contributed by atoms with van der Waals surface area (Å²) in [6.07, 6.45) is 1.70. The molecule has 21 heavy (non-hydrogen) atoms. The molecule has 2 aromatic rings. The number of pyridine rings is 1. The van der Waals surface area contributed by atoms with Gasteiger partial charge in [-0.15, -0.1) is 11.6 Å². The lowest BCUT2D eigenvalue weighted by atomic mass is 10.1. The topological polar surface area (TPSA) is 43.4 Å². The summed E-state index contributed by atoms with van der Waals surface area (Å²) in [6, 6.07) is 9.74. The van der Waals surface area contributed by atoms with Gasteiger partial charge in [-0.05, 0) is 18.6 Å². The standard InChI is InChI=1S/C16H19ClN2O2/c1-11(17)12-6-4-5-7-13(12)19-10-14-16(21-3)15(20-2)8-9-18-14/h4-9,11,19H,10H2,1-3H3. The summed E-state index contributed by atoms with van der Waals surface area (Å²) in [7, 11) is 3.22. The number of halogens is 1. The number of alkyl halides is 1. The molecule has 1 heterocycles. The Labute approximate surface area is 130 Å². The Hall–Kier alpha value is -1.94. The molecule has 112 valence electrons. The number of hydrogen-bond acceptors (Lipinski definition) is 4. The number of para-hydroxylation sites is 1. The fourth-order valence-electron chi connectivity index (χ4n) is 2.16. The largest absolute Gasteiger partial charge is 0.493 e. The maximum atomic E-state index is 6.20. The van der Waals surface area contributed by atoms with E-state index in [2.05, 4.69) is 10.3 Å². The Morgan fingerprint density at radius 1 is 1.19 bits per heavy atom. The van der Waals surface area contributed by atoms with Gasteiger partial charge in [-0.1, -0.05) is 18.2 Å². The smallest absolute Gasteiger partial charge is 0.184 e. The minimum Gasteiger partial charge on any atom is -0.493 e. The lowest BCUT2D eigenvalue weighted by Crippen LogP contribution is -2.07. The number of nitrogens with one attached hydrogen (secondary N) is 1. The van der Waals surface area contributed by atoms with Crippen molar-refractivity contribution >= 4 is 17.3 Å². The van der Waals surface area contributed by atoms with Crippen LogP contribution in [0.1, 0.15) is 23.6 Å². The summed E-state index contributed by atoms with van der Waals surface area (Å²) in [5, 5.41) is 3.29. The average Bonchev–Trinajstić information content (AvgIpc) is 2.52. The molecule has 2 rings (SSSR count). The van der Waals surface area contributed by atoms with Crippen LogP contribution in [0.2, 0.25) is 0 Å². The zero-order chi connectivity index (χ0) is 15.2. The summed E-state index contributed by atoms with van der Waals surface area (Å²) in [5.41, 5.74) is 2.83. The van der Waals surface area contributed by atoms with E-state index in [-0.39, 0.29) is 5.38 Å². The molecule has 1 N–H and O–H groups in total. The third-order valence-corrected chi connectivity index (χ3v) is 3.44. The van der Waals surface area contributed by atoms with E-state index >= 15 is 0 Å². The van der Waals surface area contributed by atoms with E-state index in [0.29, 0.717) is 18.0 Å². The van der Waals surface area contributed by atoms with Gasteiger partial charge < -0.3 is 14.8 Å². The molecule has 1 aromatic heterocycles. The van der Waals surface area contributed by atoms with Crippen LogP contribution in [0.3, 0.4) is 0 Å². The van der Waals surface area contributed by atoms with Gasteiger partial charge in [0.25, 0.3) is 0 Å². The molecule has 4 nitrogen and oxygen atoms in total.